The van der Waals surface area contributed by atoms with E-state index >= 15 is 0 Å². The minimum atomic E-state index is 0.397. The van der Waals surface area contributed by atoms with Crippen molar-refractivity contribution in [1.82, 2.24) is 4.98 Å². The zero-order chi connectivity index (χ0) is 12.1. The van der Waals surface area contributed by atoms with E-state index in [9.17, 15) is 0 Å². The van der Waals surface area contributed by atoms with Crippen LogP contribution in [0.1, 0.15) is 11.3 Å². The first-order chi connectivity index (χ1) is 8.29. The third kappa shape index (κ3) is 2.96. The van der Waals surface area contributed by atoms with Gasteiger partial charge in [0.05, 0.1) is 0 Å². The van der Waals surface area contributed by atoms with Crippen LogP contribution in [-0.2, 0) is 6.54 Å². The molecule has 2 aromatic rings. The zero-order valence-corrected chi connectivity index (χ0v) is 9.78. The molecule has 4 heteroatoms. The summed E-state index contributed by atoms with van der Waals surface area (Å²) in [5.74, 6) is 0. The Kier molecular flexibility index (Phi) is 3.59. The molecule has 84 valence electrons. The number of nitrogens with zero attached hydrogens (tertiary/aromatic N) is 2. The van der Waals surface area contributed by atoms with Crippen LogP contribution in [0.5, 0.6) is 0 Å². The third-order valence-corrected chi connectivity index (χ3v) is 2.68. The second-order valence-corrected chi connectivity index (χ2v) is 3.89. The Morgan fingerprint density at radius 1 is 1.29 bits per heavy atom. The van der Waals surface area contributed by atoms with E-state index in [0.717, 1.165) is 16.3 Å². The average molecular weight is 244 g/mol. The summed E-state index contributed by atoms with van der Waals surface area (Å²) in [7, 11) is 0. The summed E-state index contributed by atoms with van der Waals surface area (Å²) >= 11 is 6.04. The molecule has 1 aromatic carbocycles. The summed E-state index contributed by atoms with van der Waals surface area (Å²) in [5, 5.41) is 12.7. The number of halogens is 1. The number of hydrogen-bond acceptors (Lipinski definition) is 3. The van der Waals surface area contributed by atoms with Crippen LogP contribution in [0.2, 0.25) is 5.02 Å². The van der Waals surface area contributed by atoms with Crippen molar-refractivity contribution in [3.8, 4) is 6.07 Å². The first kappa shape index (κ1) is 11.4. The van der Waals surface area contributed by atoms with Gasteiger partial charge in [-0.05, 0) is 23.8 Å². The number of pyridine rings is 1. The highest BCUT2D eigenvalue weighted by Crippen LogP contribution is 2.16. The lowest BCUT2D eigenvalue weighted by Crippen LogP contribution is -2.00. The first-order valence-electron chi connectivity index (χ1n) is 5.13. The van der Waals surface area contributed by atoms with Gasteiger partial charge in [-0.1, -0.05) is 29.8 Å². The maximum Gasteiger partial charge on any atom is 0.142 e. The van der Waals surface area contributed by atoms with Gasteiger partial charge in [0.25, 0.3) is 0 Å². The van der Waals surface area contributed by atoms with Gasteiger partial charge in [-0.25, -0.2) is 4.98 Å². The fourth-order valence-electron chi connectivity index (χ4n) is 1.44. The van der Waals surface area contributed by atoms with Gasteiger partial charge in [0, 0.05) is 23.5 Å². The van der Waals surface area contributed by atoms with E-state index in [1.54, 1.807) is 12.3 Å². The van der Waals surface area contributed by atoms with Crippen molar-refractivity contribution in [2.45, 2.75) is 6.54 Å². The average Bonchev–Trinajstić information content (AvgIpc) is 2.38. The van der Waals surface area contributed by atoms with Crippen LogP contribution in [0.25, 0.3) is 0 Å². The highest BCUT2D eigenvalue weighted by Gasteiger charge is 1.99. The fourth-order valence-corrected chi connectivity index (χ4v) is 1.64. The predicted octanol–water partition coefficient (Wildman–Crippen LogP) is 3.22. The number of nitrogens with one attached hydrogen (secondary N) is 1. The zero-order valence-electron chi connectivity index (χ0n) is 9.02. The van der Waals surface area contributed by atoms with E-state index in [2.05, 4.69) is 10.3 Å². The molecule has 0 saturated carbocycles. The highest BCUT2D eigenvalue weighted by molar-refractivity contribution is 6.31. The number of aromatic nitrogens is 1. The second-order valence-electron chi connectivity index (χ2n) is 3.49. The molecule has 2 rings (SSSR count). The van der Waals surface area contributed by atoms with Crippen LogP contribution in [-0.4, -0.2) is 4.98 Å². The van der Waals surface area contributed by atoms with Crippen LogP contribution < -0.4 is 5.32 Å². The lowest BCUT2D eigenvalue weighted by atomic mass is 10.2. The molecule has 0 aliphatic carbocycles. The van der Waals surface area contributed by atoms with Crippen LogP contribution in [0.4, 0.5) is 5.69 Å². The van der Waals surface area contributed by atoms with Crippen molar-refractivity contribution in [3.63, 3.8) is 0 Å². The number of hydrogen-bond donors (Lipinski definition) is 1. The molecule has 0 unspecified atom stereocenters. The summed E-state index contributed by atoms with van der Waals surface area (Å²) in [4.78, 5) is 3.90. The van der Waals surface area contributed by atoms with Crippen molar-refractivity contribution < 1.29 is 0 Å². The van der Waals surface area contributed by atoms with Gasteiger partial charge in [0.2, 0.25) is 0 Å². The van der Waals surface area contributed by atoms with Crippen molar-refractivity contribution in [2.75, 3.05) is 5.32 Å². The Bertz CT molecular complexity index is 561. The number of nitriles is 1. The van der Waals surface area contributed by atoms with Gasteiger partial charge in [-0.15, -0.1) is 0 Å². The lowest BCUT2D eigenvalue weighted by Gasteiger charge is -2.07. The molecule has 1 heterocycles. The smallest absolute Gasteiger partial charge is 0.142 e. The molecule has 0 bridgehead atoms. The summed E-state index contributed by atoms with van der Waals surface area (Å²) < 4.78 is 0. The van der Waals surface area contributed by atoms with E-state index in [1.165, 1.54) is 0 Å². The maximum absolute atomic E-state index is 8.73. The Morgan fingerprint density at radius 2 is 2.12 bits per heavy atom. The molecular weight excluding hydrogens is 234 g/mol. The second kappa shape index (κ2) is 5.33. The molecule has 0 fully saturated rings. The Labute approximate surface area is 105 Å². The Morgan fingerprint density at radius 3 is 2.88 bits per heavy atom. The summed E-state index contributed by atoms with van der Waals surface area (Å²) in [6.45, 7) is 0.620. The molecule has 0 saturated heterocycles. The van der Waals surface area contributed by atoms with E-state index < -0.39 is 0 Å². The van der Waals surface area contributed by atoms with Crippen molar-refractivity contribution in [3.05, 3.63) is 58.9 Å². The molecule has 0 atom stereocenters. The van der Waals surface area contributed by atoms with E-state index in [1.807, 2.05) is 36.4 Å². The van der Waals surface area contributed by atoms with Crippen LogP contribution in [0.15, 0.2) is 42.6 Å². The lowest BCUT2D eigenvalue weighted by molar-refractivity contribution is 1.14. The molecule has 0 radical (unpaired) electrons. The molecule has 0 amide bonds. The topological polar surface area (TPSA) is 48.7 Å². The van der Waals surface area contributed by atoms with E-state index in [-0.39, 0.29) is 0 Å². The quantitative estimate of drug-likeness (QED) is 0.901. The molecule has 1 N–H and O–H groups in total. The molecule has 0 aliphatic heterocycles. The van der Waals surface area contributed by atoms with Crippen LogP contribution >= 0.6 is 11.6 Å². The highest BCUT2D eigenvalue weighted by atomic mass is 35.5. The Hall–Kier alpha value is -2.05. The minimum Gasteiger partial charge on any atom is -0.381 e. The molecule has 3 nitrogen and oxygen atoms in total. The van der Waals surface area contributed by atoms with Crippen molar-refractivity contribution in [1.29, 1.82) is 5.26 Å². The van der Waals surface area contributed by atoms with Gasteiger partial charge in [0.1, 0.15) is 11.8 Å². The van der Waals surface area contributed by atoms with Gasteiger partial charge in [-0.2, -0.15) is 5.26 Å². The maximum atomic E-state index is 8.73. The predicted molar refractivity (Wildman–Crippen MR) is 67.7 cm³/mol. The van der Waals surface area contributed by atoms with Gasteiger partial charge in [0.15, 0.2) is 0 Å². The monoisotopic (exact) mass is 243 g/mol. The minimum absolute atomic E-state index is 0.397. The molecule has 0 aliphatic rings. The first-order valence-corrected chi connectivity index (χ1v) is 5.51. The Balaban J connectivity index is 2.08. The van der Waals surface area contributed by atoms with Gasteiger partial charge < -0.3 is 5.32 Å². The summed E-state index contributed by atoms with van der Waals surface area (Å²) in [5.41, 5.74) is 2.27. The van der Waals surface area contributed by atoms with Crippen molar-refractivity contribution >= 4 is 17.3 Å². The fraction of sp³-hybridized carbons (Fsp3) is 0.0769. The number of anilines is 1. The molecule has 0 spiro atoms. The largest absolute Gasteiger partial charge is 0.381 e. The third-order valence-electron chi connectivity index (χ3n) is 2.32. The van der Waals surface area contributed by atoms with E-state index in [4.69, 9.17) is 16.9 Å². The van der Waals surface area contributed by atoms with E-state index in [0.29, 0.717) is 12.2 Å². The summed E-state index contributed by atoms with van der Waals surface area (Å²) in [6, 6.07) is 13.2. The standard InChI is InChI=1S/C13H10ClN3/c14-13-4-2-1-3-10(13)9-17-11-5-6-16-12(7-11)8-15/h1-7H,9H2,(H,16,17). The molecular formula is C13H10ClN3. The molecule has 1 aromatic heterocycles. The number of rotatable bonds is 3. The normalized spacial score (nSPS) is 9.65. The molecule has 17 heavy (non-hydrogen) atoms. The van der Waals surface area contributed by atoms with Crippen LogP contribution in [0.3, 0.4) is 0 Å². The SMILES string of the molecule is N#Cc1cc(NCc2ccccc2Cl)ccn1. The summed E-state index contributed by atoms with van der Waals surface area (Å²) in [6.07, 6.45) is 1.60. The van der Waals surface area contributed by atoms with Gasteiger partial charge >= 0.3 is 0 Å². The van der Waals surface area contributed by atoms with Gasteiger partial charge in [-0.3, -0.25) is 0 Å². The van der Waals surface area contributed by atoms with Crippen LogP contribution in [0, 0.1) is 11.3 Å². The number of benzene rings is 1. The van der Waals surface area contributed by atoms with Crippen molar-refractivity contribution in [2.24, 2.45) is 0 Å².